The van der Waals surface area contributed by atoms with E-state index < -0.39 is 45.3 Å². The molecule has 3 aromatic carbocycles. The first-order valence-electron chi connectivity index (χ1n) is 19.4. The lowest BCUT2D eigenvalue weighted by molar-refractivity contribution is 0.00170. The number of nitrogens with one attached hydrogen (secondary N) is 1. The minimum atomic E-state index is -4.33. The molecule has 10 nitrogen and oxygen atoms in total. The van der Waals surface area contributed by atoms with Crippen molar-refractivity contribution in [1.82, 2.24) is 4.72 Å². The van der Waals surface area contributed by atoms with Crippen LogP contribution in [0.4, 0.5) is 5.69 Å². The lowest BCUT2D eigenvalue weighted by Gasteiger charge is -2.45. The van der Waals surface area contributed by atoms with Crippen molar-refractivity contribution < 1.29 is 37.3 Å². The molecule has 7 atom stereocenters. The summed E-state index contributed by atoms with van der Waals surface area (Å²) < 4.78 is 48.4. The molecular formula is C44H53ClN2O8S. The van der Waals surface area contributed by atoms with Crippen LogP contribution in [0.5, 0.6) is 5.75 Å². The summed E-state index contributed by atoms with van der Waals surface area (Å²) in [5.41, 5.74) is 3.23. The molecule has 0 radical (unpaired) electrons. The summed E-state index contributed by atoms with van der Waals surface area (Å²) in [6.07, 6.45) is 6.56. The maximum absolute atomic E-state index is 14.2. The van der Waals surface area contributed by atoms with Gasteiger partial charge in [-0.3, -0.25) is 4.79 Å². The van der Waals surface area contributed by atoms with Crippen LogP contribution < -0.4 is 14.4 Å². The van der Waals surface area contributed by atoms with Gasteiger partial charge < -0.3 is 24.2 Å². The quantitative estimate of drug-likeness (QED) is 0.113. The number of carbonyl (C=O) groups is 2. The van der Waals surface area contributed by atoms with E-state index in [1.54, 1.807) is 67.6 Å². The first kappa shape index (κ1) is 41.5. The van der Waals surface area contributed by atoms with E-state index in [4.69, 9.17) is 25.8 Å². The fourth-order valence-electron chi connectivity index (χ4n) is 8.72. The molecule has 3 aliphatic rings. The van der Waals surface area contributed by atoms with Crippen LogP contribution in [-0.4, -0.2) is 76.3 Å². The number of allylic oxidation sites excluding steroid dienone is 1. The number of fused-ring (bicyclic) bond motifs is 3. The Hall–Kier alpha value is -4.16. The zero-order valence-corrected chi connectivity index (χ0v) is 33.8. The summed E-state index contributed by atoms with van der Waals surface area (Å²) in [6.45, 7) is 11.0. The van der Waals surface area contributed by atoms with Gasteiger partial charge in [-0.15, -0.1) is 13.2 Å². The maximum atomic E-state index is 14.2. The van der Waals surface area contributed by atoms with Gasteiger partial charge in [0.1, 0.15) is 11.9 Å². The van der Waals surface area contributed by atoms with E-state index >= 15 is 0 Å². The lowest BCUT2D eigenvalue weighted by atomic mass is 9.68. The average molecular weight is 805 g/mol. The van der Waals surface area contributed by atoms with Gasteiger partial charge in [-0.05, 0) is 110 Å². The molecule has 1 fully saturated rings. The number of rotatable bonds is 16. The molecule has 1 saturated carbocycles. The van der Waals surface area contributed by atoms with Crippen molar-refractivity contribution in [2.24, 2.45) is 17.8 Å². The molecule has 12 heteroatoms. The highest BCUT2D eigenvalue weighted by Gasteiger charge is 2.44. The van der Waals surface area contributed by atoms with Crippen molar-refractivity contribution >= 4 is 39.2 Å². The first-order valence-corrected chi connectivity index (χ1v) is 21.3. The van der Waals surface area contributed by atoms with E-state index in [0.29, 0.717) is 48.1 Å². The maximum Gasteiger partial charge on any atom is 0.338 e. The number of carbonyl (C=O) groups excluding carboxylic acids is 2. The van der Waals surface area contributed by atoms with Gasteiger partial charge in [-0.1, -0.05) is 54.9 Å². The minimum Gasteiger partial charge on any atom is -0.490 e. The molecule has 1 spiro atoms. The van der Waals surface area contributed by atoms with E-state index in [-0.39, 0.29) is 35.8 Å². The summed E-state index contributed by atoms with van der Waals surface area (Å²) in [4.78, 5) is 29.2. The molecule has 3 aromatic rings. The Morgan fingerprint density at radius 3 is 2.59 bits per heavy atom. The van der Waals surface area contributed by atoms with E-state index in [1.807, 2.05) is 12.1 Å². The molecule has 0 bridgehead atoms. The Balaban J connectivity index is 1.28. The number of nitrogens with zero attached hydrogens (tertiary/aromatic N) is 1. The molecule has 1 heterocycles. The fraction of sp³-hybridized carbons (Fsp3) is 0.455. The zero-order chi connectivity index (χ0) is 40.0. The highest BCUT2D eigenvalue weighted by Crippen LogP contribution is 2.46. The SMILES string of the molecule is C=CC[C@H](C)[C@H](C[C@@H](COC)OC(=O)c1ccccc1)S(=O)(=O)NC(=O)c1ccc2c(c1)N(C[C@@H]1CC[C@H]1[C@@H](O)C=C)C[C@@]1(CCCc3cc(Cl)ccc31)CO2. The smallest absolute Gasteiger partial charge is 0.338 e. The first-order chi connectivity index (χ1) is 26.9. The van der Waals surface area contributed by atoms with Crippen LogP contribution in [0.1, 0.15) is 77.3 Å². The molecular weight excluding hydrogens is 752 g/mol. The van der Waals surface area contributed by atoms with Crippen LogP contribution >= 0.6 is 11.6 Å². The van der Waals surface area contributed by atoms with Gasteiger partial charge in [0.25, 0.3) is 5.91 Å². The Labute approximate surface area is 335 Å². The minimum absolute atomic E-state index is 0.0370. The number of esters is 1. The molecule has 56 heavy (non-hydrogen) atoms. The van der Waals surface area contributed by atoms with Crippen molar-refractivity contribution in [2.75, 3.05) is 38.3 Å². The number of hydrogen-bond donors (Lipinski definition) is 2. The lowest BCUT2D eigenvalue weighted by Crippen LogP contribution is -2.49. The Bertz CT molecular complexity index is 2010. The number of benzene rings is 3. The number of hydrogen-bond acceptors (Lipinski definition) is 9. The van der Waals surface area contributed by atoms with Crippen molar-refractivity contribution in [3.05, 3.63) is 119 Å². The Morgan fingerprint density at radius 1 is 1.11 bits per heavy atom. The number of methoxy groups -OCH3 is 1. The van der Waals surface area contributed by atoms with Crippen molar-refractivity contribution in [3.63, 3.8) is 0 Å². The van der Waals surface area contributed by atoms with Crippen molar-refractivity contribution in [2.45, 2.75) is 74.7 Å². The standard InChI is InChI=1S/C44H53ClN2O8S/c1-5-11-29(3)41(24-35(26-53-4)55-43(50)30-12-8-7-9-13-30)56(51,52)46-42(49)32-16-20-40-38(23-32)47(25-33-15-18-36(33)39(48)6-2)27-44(28-54-40)21-10-14-31-22-34(45)17-19-37(31)44/h5-9,12-13,16-17,19-20,22-23,29,33,35-36,39,41,48H,1-2,10-11,14-15,18,21,24-28H2,3-4H3,(H,46,49)/t29-,33-,35-,36+,39-,41-,44-/m0/s1. The van der Waals surface area contributed by atoms with Crippen LogP contribution in [0, 0.1) is 17.8 Å². The molecule has 0 saturated heterocycles. The fourth-order valence-corrected chi connectivity index (χ4v) is 10.6. The third-order valence-corrected chi connectivity index (χ3v) is 14.0. The predicted molar refractivity (Wildman–Crippen MR) is 219 cm³/mol. The summed E-state index contributed by atoms with van der Waals surface area (Å²) in [7, 11) is -2.88. The highest BCUT2D eigenvalue weighted by molar-refractivity contribution is 7.90. The van der Waals surface area contributed by atoms with Gasteiger partial charge in [-0.2, -0.15) is 0 Å². The van der Waals surface area contributed by atoms with Crippen molar-refractivity contribution in [3.8, 4) is 5.75 Å². The zero-order valence-electron chi connectivity index (χ0n) is 32.2. The highest BCUT2D eigenvalue weighted by atomic mass is 35.5. The molecule has 0 unspecified atom stereocenters. The summed E-state index contributed by atoms with van der Waals surface area (Å²) in [5.74, 6) is -1.02. The van der Waals surface area contributed by atoms with Gasteiger partial charge in [0.05, 0.1) is 35.8 Å². The number of halogens is 1. The Morgan fingerprint density at radius 2 is 1.89 bits per heavy atom. The largest absolute Gasteiger partial charge is 0.490 e. The third-order valence-electron chi connectivity index (χ3n) is 11.8. The van der Waals surface area contributed by atoms with E-state index in [0.717, 1.165) is 32.1 Å². The number of sulfonamides is 1. The van der Waals surface area contributed by atoms with Crippen LogP contribution in [0.3, 0.4) is 0 Å². The summed E-state index contributed by atoms with van der Waals surface area (Å²) in [6, 6.07) is 19.5. The second-order valence-corrected chi connectivity index (χ2v) is 18.0. The number of amides is 1. The molecule has 2 N–H and O–H groups in total. The summed E-state index contributed by atoms with van der Waals surface area (Å²) >= 11 is 6.44. The van der Waals surface area contributed by atoms with Crippen LogP contribution in [0.2, 0.25) is 5.02 Å². The second kappa shape index (κ2) is 18.0. The van der Waals surface area contributed by atoms with E-state index in [9.17, 15) is 23.1 Å². The molecule has 300 valence electrons. The van der Waals surface area contributed by atoms with E-state index in [1.165, 1.54) is 18.2 Å². The number of anilines is 1. The van der Waals surface area contributed by atoms with Gasteiger partial charge in [0.2, 0.25) is 10.0 Å². The van der Waals surface area contributed by atoms with Crippen LogP contribution in [-0.2, 0) is 31.3 Å². The summed E-state index contributed by atoms with van der Waals surface area (Å²) in [5, 5.41) is 10.3. The molecule has 0 aromatic heterocycles. The van der Waals surface area contributed by atoms with Gasteiger partial charge in [-0.25, -0.2) is 17.9 Å². The second-order valence-electron chi connectivity index (χ2n) is 15.6. The van der Waals surface area contributed by atoms with Crippen LogP contribution in [0.25, 0.3) is 0 Å². The number of aryl methyl sites for hydroxylation is 1. The normalized spacial score (nSPS) is 22.5. The van der Waals surface area contributed by atoms with Gasteiger partial charge in [0.15, 0.2) is 0 Å². The van der Waals surface area contributed by atoms with Gasteiger partial charge in [0, 0.05) is 42.6 Å². The number of aliphatic hydroxyl groups excluding tert-OH is 1. The predicted octanol–water partition coefficient (Wildman–Crippen LogP) is 7.29. The molecule has 2 aliphatic carbocycles. The van der Waals surface area contributed by atoms with Crippen molar-refractivity contribution in [1.29, 1.82) is 0 Å². The van der Waals surface area contributed by atoms with Crippen LogP contribution in [0.15, 0.2) is 92.0 Å². The Kier molecular flexibility index (Phi) is 13.3. The molecule has 1 amide bonds. The third kappa shape index (κ3) is 9.17. The monoisotopic (exact) mass is 804 g/mol. The number of ether oxygens (including phenoxy) is 3. The molecule has 6 rings (SSSR count). The van der Waals surface area contributed by atoms with E-state index in [2.05, 4.69) is 28.8 Å². The average Bonchev–Trinajstić information content (AvgIpc) is 3.32. The topological polar surface area (TPSA) is 131 Å². The number of aliphatic hydroxyl groups is 1. The molecule has 1 aliphatic heterocycles. The van der Waals surface area contributed by atoms with Gasteiger partial charge >= 0.3 is 5.97 Å².